The minimum Gasteiger partial charge on any atom is -0.350 e. The molecule has 1 aliphatic rings. The molecule has 0 fully saturated rings. The molecule has 1 aliphatic heterocycles. The normalized spacial score (nSPS) is 16.1. The lowest BCUT2D eigenvalue weighted by Gasteiger charge is -2.26. The summed E-state index contributed by atoms with van der Waals surface area (Å²) >= 11 is 0. The first-order valence-corrected chi connectivity index (χ1v) is 7.94. The first-order valence-electron chi connectivity index (χ1n) is 7.94. The van der Waals surface area contributed by atoms with Crippen molar-refractivity contribution in [1.82, 2.24) is 19.9 Å². The molecule has 1 amide bonds. The van der Waals surface area contributed by atoms with Crippen LogP contribution in [0.1, 0.15) is 23.5 Å². The number of imidazole rings is 1. The van der Waals surface area contributed by atoms with E-state index in [2.05, 4.69) is 19.9 Å². The van der Waals surface area contributed by atoms with Gasteiger partial charge < -0.3 is 14.8 Å². The lowest BCUT2D eigenvalue weighted by Crippen LogP contribution is -2.45. The third-order valence-corrected chi connectivity index (χ3v) is 4.13. The molecule has 2 aromatic rings. The van der Waals surface area contributed by atoms with Crippen LogP contribution < -0.4 is 10.2 Å². The SMILES string of the molecule is Cc1cn2c(n1)CCC(NC(=O)CN(C)c1ccc(C#N)cn1)C2. The van der Waals surface area contributed by atoms with Crippen LogP contribution in [0, 0.1) is 18.3 Å². The quantitative estimate of drug-likeness (QED) is 0.907. The summed E-state index contributed by atoms with van der Waals surface area (Å²) < 4.78 is 2.12. The summed E-state index contributed by atoms with van der Waals surface area (Å²) in [6.07, 6.45) is 5.32. The topological polar surface area (TPSA) is 86.8 Å². The molecule has 0 spiro atoms. The smallest absolute Gasteiger partial charge is 0.239 e. The maximum Gasteiger partial charge on any atom is 0.239 e. The molecule has 1 N–H and O–H groups in total. The van der Waals surface area contributed by atoms with Gasteiger partial charge in [0.05, 0.1) is 17.8 Å². The van der Waals surface area contributed by atoms with Crippen molar-refractivity contribution in [2.75, 3.05) is 18.5 Å². The van der Waals surface area contributed by atoms with Crippen LogP contribution in [-0.4, -0.2) is 40.1 Å². The minimum atomic E-state index is -0.0334. The van der Waals surface area contributed by atoms with E-state index in [0.717, 1.165) is 30.9 Å². The highest BCUT2D eigenvalue weighted by molar-refractivity contribution is 5.81. The lowest BCUT2D eigenvalue weighted by molar-refractivity contribution is -0.120. The molecule has 1 atom stereocenters. The summed E-state index contributed by atoms with van der Waals surface area (Å²) in [6, 6.07) is 5.59. The molecule has 124 valence electrons. The molecule has 24 heavy (non-hydrogen) atoms. The van der Waals surface area contributed by atoms with E-state index in [9.17, 15) is 4.79 Å². The first kappa shape index (κ1) is 16.0. The zero-order chi connectivity index (χ0) is 17.1. The second-order valence-corrected chi connectivity index (χ2v) is 6.13. The molecular formula is C17H20N6O. The van der Waals surface area contributed by atoms with Gasteiger partial charge in [-0.25, -0.2) is 9.97 Å². The van der Waals surface area contributed by atoms with Crippen molar-refractivity contribution in [3.63, 3.8) is 0 Å². The number of hydrogen-bond acceptors (Lipinski definition) is 5. The molecule has 0 saturated heterocycles. The average molecular weight is 324 g/mol. The molecule has 2 aromatic heterocycles. The number of aromatic nitrogens is 3. The van der Waals surface area contributed by atoms with Crippen molar-refractivity contribution in [2.45, 2.75) is 32.4 Å². The van der Waals surface area contributed by atoms with Crippen LogP contribution in [0.2, 0.25) is 0 Å². The summed E-state index contributed by atoms with van der Waals surface area (Å²) in [5, 5.41) is 11.9. The van der Waals surface area contributed by atoms with Crippen LogP contribution in [0.4, 0.5) is 5.82 Å². The van der Waals surface area contributed by atoms with Crippen LogP contribution in [0.15, 0.2) is 24.5 Å². The Morgan fingerprint density at radius 2 is 2.38 bits per heavy atom. The van der Waals surface area contributed by atoms with Gasteiger partial charge in [0.1, 0.15) is 17.7 Å². The number of fused-ring (bicyclic) bond motifs is 1. The maximum atomic E-state index is 12.3. The molecular weight excluding hydrogens is 304 g/mol. The monoisotopic (exact) mass is 324 g/mol. The van der Waals surface area contributed by atoms with E-state index in [1.165, 1.54) is 6.20 Å². The number of carbonyl (C=O) groups excluding carboxylic acids is 1. The van der Waals surface area contributed by atoms with Gasteiger partial charge in [0.15, 0.2) is 0 Å². The highest BCUT2D eigenvalue weighted by atomic mass is 16.2. The Labute approximate surface area is 140 Å². The number of nitrogens with zero attached hydrogens (tertiary/aromatic N) is 5. The molecule has 0 radical (unpaired) electrons. The van der Waals surface area contributed by atoms with Crippen molar-refractivity contribution in [1.29, 1.82) is 5.26 Å². The molecule has 3 rings (SSSR count). The fourth-order valence-electron chi connectivity index (χ4n) is 2.95. The molecule has 3 heterocycles. The Morgan fingerprint density at radius 1 is 1.54 bits per heavy atom. The van der Waals surface area contributed by atoms with E-state index < -0.39 is 0 Å². The summed E-state index contributed by atoms with van der Waals surface area (Å²) in [5.41, 5.74) is 1.52. The Kier molecular flexibility index (Phi) is 4.47. The Bertz CT molecular complexity index is 773. The third kappa shape index (κ3) is 3.54. The van der Waals surface area contributed by atoms with Crippen molar-refractivity contribution in [3.8, 4) is 6.07 Å². The fourth-order valence-corrected chi connectivity index (χ4v) is 2.95. The van der Waals surface area contributed by atoms with Gasteiger partial charge in [0.2, 0.25) is 5.91 Å². The Hall–Kier alpha value is -2.88. The van der Waals surface area contributed by atoms with Crippen LogP contribution in [0.5, 0.6) is 0 Å². The van der Waals surface area contributed by atoms with Gasteiger partial charge in [0, 0.05) is 38.4 Å². The van der Waals surface area contributed by atoms with E-state index in [1.807, 2.05) is 26.2 Å². The summed E-state index contributed by atoms with van der Waals surface area (Å²) in [5.74, 6) is 1.73. The molecule has 0 aromatic carbocycles. The molecule has 0 aliphatic carbocycles. The first-order chi connectivity index (χ1) is 11.5. The number of anilines is 1. The number of amides is 1. The van der Waals surface area contributed by atoms with Crippen molar-refractivity contribution in [2.24, 2.45) is 0 Å². The van der Waals surface area contributed by atoms with Gasteiger partial charge in [-0.2, -0.15) is 5.26 Å². The zero-order valence-corrected chi connectivity index (χ0v) is 13.9. The predicted molar refractivity (Wildman–Crippen MR) is 89.4 cm³/mol. The van der Waals surface area contributed by atoms with Gasteiger partial charge >= 0.3 is 0 Å². The van der Waals surface area contributed by atoms with Crippen LogP contribution >= 0.6 is 0 Å². The molecule has 1 unspecified atom stereocenters. The van der Waals surface area contributed by atoms with Crippen molar-refractivity contribution < 1.29 is 4.79 Å². The van der Waals surface area contributed by atoms with Gasteiger partial charge in [-0.15, -0.1) is 0 Å². The third-order valence-electron chi connectivity index (χ3n) is 4.13. The standard InChI is InChI=1S/C17H20N6O/c1-12-9-23-10-14(4-6-16(23)20-12)21-17(24)11-22(2)15-5-3-13(7-18)8-19-15/h3,5,8-9,14H,4,6,10-11H2,1-2H3,(H,21,24). The van der Waals surface area contributed by atoms with Crippen LogP contribution in [0.25, 0.3) is 0 Å². The second-order valence-electron chi connectivity index (χ2n) is 6.13. The maximum absolute atomic E-state index is 12.3. The van der Waals surface area contributed by atoms with E-state index in [0.29, 0.717) is 11.4 Å². The Balaban J connectivity index is 1.54. The van der Waals surface area contributed by atoms with Crippen LogP contribution in [0.3, 0.4) is 0 Å². The lowest BCUT2D eigenvalue weighted by atomic mass is 10.1. The number of nitriles is 1. The highest BCUT2D eigenvalue weighted by Crippen LogP contribution is 2.15. The van der Waals surface area contributed by atoms with E-state index >= 15 is 0 Å². The summed E-state index contributed by atoms with van der Waals surface area (Å²) in [7, 11) is 1.81. The summed E-state index contributed by atoms with van der Waals surface area (Å²) in [6.45, 7) is 2.98. The van der Waals surface area contributed by atoms with Gasteiger partial charge in [-0.3, -0.25) is 4.79 Å². The average Bonchev–Trinajstić information content (AvgIpc) is 2.94. The predicted octanol–water partition coefficient (Wildman–Crippen LogP) is 1.03. The van der Waals surface area contributed by atoms with Gasteiger partial charge in [-0.05, 0) is 25.5 Å². The van der Waals surface area contributed by atoms with Crippen molar-refractivity contribution in [3.05, 3.63) is 41.6 Å². The zero-order valence-electron chi connectivity index (χ0n) is 13.9. The highest BCUT2D eigenvalue weighted by Gasteiger charge is 2.21. The van der Waals surface area contributed by atoms with E-state index in [4.69, 9.17) is 5.26 Å². The minimum absolute atomic E-state index is 0.0334. The molecule has 0 bridgehead atoms. The molecule has 7 nitrogen and oxygen atoms in total. The Morgan fingerprint density at radius 3 is 3.08 bits per heavy atom. The number of nitrogens with one attached hydrogen (secondary N) is 1. The van der Waals surface area contributed by atoms with Crippen LogP contribution in [-0.2, 0) is 17.8 Å². The van der Waals surface area contributed by atoms with Gasteiger partial charge in [0.25, 0.3) is 0 Å². The van der Waals surface area contributed by atoms with E-state index in [1.54, 1.807) is 17.0 Å². The molecule has 0 saturated carbocycles. The number of hydrogen-bond donors (Lipinski definition) is 1. The van der Waals surface area contributed by atoms with E-state index in [-0.39, 0.29) is 18.5 Å². The number of carbonyl (C=O) groups is 1. The number of likely N-dealkylation sites (N-methyl/N-ethyl adjacent to an activating group) is 1. The summed E-state index contributed by atoms with van der Waals surface area (Å²) in [4.78, 5) is 22.7. The number of rotatable bonds is 4. The second kappa shape index (κ2) is 6.71. The number of aryl methyl sites for hydroxylation is 2. The number of pyridine rings is 1. The fraction of sp³-hybridized carbons (Fsp3) is 0.412. The van der Waals surface area contributed by atoms with Crippen molar-refractivity contribution >= 4 is 11.7 Å². The molecule has 7 heteroatoms. The van der Waals surface area contributed by atoms with Gasteiger partial charge in [-0.1, -0.05) is 0 Å². The largest absolute Gasteiger partial charge is 0.350 e.